The number of aryl methyl sites for hydroxylation is 1. The zero-order chi connectivity index (χ0) is 10.0. The van der Waals surface area contributed by atoms with Crippen LogP contribution in [0.4, 0.5) is 0 Å². The maximum Gasteiger partial charge on any atom is 0.335 e. The minimum atomic E-state index is -1.13. The molecule has 1 rings (SSSR count). The molecule has 0 amide bonds. The fourth-order valence-corrected chi connectivity index (χ4v) is 1.01. The van der Waals surface area contributed by atoms with Crippen LogP contribution in [-0.4, -0.2) is 16.2 Å². The first-order valence-corrected chi connectivity index (χ1v) is 3.74. The Labute approximate surface area is 76.0 Å². The zero-order valence-electron chi connectivity index (χ0n) is 7.24. The lowest BCUT2D eigenvalue weighted by molar-refractivity contribution is -0.130. The summed E-state index contributed by atoms with van der Waals surface area (Å²) in [6.07, 6.45) is 0. The SMILES string of the molecule is C=C(C(=O)O)c1ccc(C)cc1O. The Morgan fingerprint density at radius 3 is 2.54 bits per heavy atom. The van der Waals surface area contributed by atoms with Gasteiger partial charge in [0.1, 0.15) is 5.75 Å². The van der Waals surface area contributed by atoms with Crippen LogP contribution in [0, 0.1) is 6.92 Å². The van der Waals surface area contributed by atoms with Crippen molar-refractivity contribution in [3.63, 3.8) is 0 Å². The van der Waals surface area contributed by atoms with E-state index in [4.69, 9.17) is 5.11 Å². The minimum absolute atomic E-state index is 0.0487. The molecular weight excluding hydrogens is 168 g/mol. The highest BCUT2D eigenvalue weighted by molar-refractivity contribution is 6.15. The lowest BCUT2D eigenvalue weighted by atomic mass is 10.0. The summed E-state index contributed by atoms with van der Waals surface area (Å²) >= 11 is 0. The van der Waals surface area contributed by atoms with E-state index < -0.39 is 5.97 Å². The molecule has 0 heterocycles. The summed E-state index contributed by atoms with van der Waals surface area (Å²) in [6, 6.07) is 4.77. The average Bonchev–Trinajstić information content (AvgIpc) is 2.03. The molecule has 13 heavy (non-hydrogen) atoms. The molecule has 3 heteroatoms. The fraction of sp³-hybridized carbons (Fsp3) is 0.100. The third kappa shape index (κ3) is 1.87. The molecule has 0 saturated heterocycles. The van der Waals surface area contributed by atoms with Gasteiger partial charge in [-0.15, -0.1) is 0 Å². The number of hydrogen-bond acceptors (Lipinski definition) is 2. The Kier molecular flexibility index (Phi) is 2.37. The second kappa shape index (κ2) is 3.31. The summed E-state index contributed by atoms with van der Waals surface area (Å²) < 4.78 is 0. The lowest BCUT2D eigenvalue weighted by Gasteiger charge is -2.04. The number of aliphatic carboxylic acids is 1. The highest BCUT2D eigenvalue weighted by atomic mass is 16.4. The number of hydrogen-bond donors (Lipinski definition) is 2. The number of phenolic OH excluding ortho intramolecular Hbond substituents is 1. The van der Waals surface area contributed by atoms with Crippen molar-refractivity contribution in [1.29, 1.82) is 0 Å². The fourth-order valence-electron chi connectivity index (χ4n) is 1.01. The van der Waals surface area contributed by atoms with Crippen molar-refractivity contribution in [1.82, 2.24) is 0 Å². The number of carboxylic acid groups (broad SMARTS) is 1. The summed E-state index contributed by atoms with van der Waals surface area (Å²) in [7, 11) is 0. The average molecular weight is 178 g/mol. The number of phenols is 1. The van der Waals surface area contributed by atoms with Gasteiger partial charge in [-0.3, -0.25) is 0 Å². The van der Waals surface area contributed by atoms with E-state index in [2.05, 4.69) is 6.58 Å². The Morgan fingerprint density at radius 2 is 2.08 bits per heavy atom. The smallest absolute Gasteiger partial charge is 0.335 e. The molecule has 0 radical (unpaired) electrons. The summed E-state index contributed by atoms with van der Waals surface area (Å²) in [4.78, 5) is 10.5. The monoisotopic (exact) mass is 178 g/mol. The van der Waals surface area contributed by atoms with Gasteiger partial charge in [0, 0.05) is 5.56 Å². The van der Waals surface area contributed by atoms with Crippen molar-refractivity contribution in [2.24, 2.45) is 0 Å². The van der Waals surface area contributed by atoms with Gasteiger partial charge in [0.05, 0.1) is 5.57 Å². The third-order valence-electron chi connectivity index (χ3n) is 1.74. The van der Waals surface area contributed by atoms with Crippen LogP contribution in [0.5, 0.6) is 5.75 Å². The molecule has 1 aromatic rings. The molecule has 0 bridgehead atoms. The second-order valence-electron chi connectivity index (χ2n) is 2.80. The third-order valence-corrected chi connectivity index (χ3v) is 1.74. The normalized spacial score (nSPS) is 9.62. The summed E-state index contributed by atoms with van der Waals surface area (Å²) in [5.41, 5.74) is 1.04. The first-order chi connectivity index (χ1) is 6.02. The van der Waals surface area contributed by atoms with Crippen LogP contribution >= 0.6 is 0 Å². The number of rotatable bonds is 2. The highest BCUT2D eigenvalue weighted by Crippen LogP contribution is 2.24. The van der Waals surface area contributed by atoms with Crippen LogP contribution in [0.25, 0.3) is 5.57 Å². The van der Waals surface area contributed by atoms with Crippen molar-refractivity contribution in [3.05, 3.63) is 35.9 Å². The highest BCUT2D eigenvalue weighted by Gasteiger charge is 2.10. The molecule has 1 aromatic carbocycles. The van der Waals surface area contributed by atoms with Crippen LogP contribution in [0.1, 0.15) is 11.1 Å². The topological polar surface area (TPSA) is 57.5 Å². The van der Waals surface area contributed by atoms with Gasteiger partial charge in [-0.05, 0) is 18.6 Å². The molecule has 0 aliphatic heterocycles. The van der Waals surface area contributed by atoms with Crippen molar-refractivity contribution < 1.29 is 15.0 Å². The van der Waals surface area contributed by atoms with E-state index in [0.29, 0.717) is 0 Å². The first kappa shape index (κ1) is 9.32. The van der Waals surface area contributed by atoms with Crippen LogP contribution in [0.15, 0.2) is 24.8 Å². The van der Waals surface area contributed by atoms with Crippen molar-refractivity contribution in [3.8, 4) is 5.75 Å². The Hall–Kier alpha value is -1.77. The number of benzene rings is 1. The maximum atomic E-state index is 10.5. The van der Waals surface area contributed by atoms with Crippen molar-refractivity contribution in [2.45, 2.75) is 6.92 Å². The second-order valence-corrected chi connectivity index (χ2v) is 2.80. The van der Waals surface area contributed by atoms with Crippen molar-refractivity contribution in [2.75, 3.05) is 0 Å². The summed E-state index contributed by atoms with van der Waals surface area (Å²) in [5.74, 6) is -1.17. The van der Waals surface area contributed by atoms with E-state index in [1.54, 1.807) is 12.1 Å². The molecule has 0 fully saturated rings. The molecule has 68 valence electrons. The van der Waals surface area contributed by atoms with Crippen LogP contribution in [0.3, 0.4) is 0 Å². The predicted octanol–water partition coefficient (Wildman–Crippen LogP) is 1.80. The molecular formula is C10H10O3. The van der Waals surface area contributed by atoms with Crippen LogP contribution in [-0.2, 0) is 4.79 Å². The van der Waals surface area contributed by atoms with Gasteiger partial charge in [0.2, 0.25) is 0 Å². The standard InChI is InChI=1S/C10H10O3/c1-6-3-4-8(9(11)5-6)7(2)10(12)13/h3-5,11H,2H2,1H3,(H,12,13). The molecule has 0 saturated carbocycles. The molecule has 0 aliphatic carbocycles. The van der Waals surface area contributed by atoms with E-state index in [-0.39, 0.29) is 16.9 Å². The summed E-state index contributed by atoms with van der Waals surface area (Å²) in [5, 5.41) is 18.0. The molecule has 0 unspecified atom stereocenters. The van der Waals surface area contributed by atoms with Gasteiger partial charge in [0.15, 0.2) is 0 Å². The van der Waals surface area contributed by atoms with Gasteiger partial charge < -0.3 is 10.2 Å². The molecule has 0 spiro atoms. The maximum absolute atomic E-state index is 10.5. The number of aromatic hydroxyl groups is 1. The van der Waals surface area contributed by atoms with Crippen molar-refractivity contribution >= 4 is 11.5 Å². The van der Waals surface area contributed by atoms with Gasteiger partial charge in [-0.25, -0.2) is 4.79 Å². The van der Waals surface area contributed by atoms with E-state index in [9.17, 15) is 9.90 Å². The van der Waals surface area contributed by atoms with Gasteiger partial charge in [0.25, 0.3) is 0 Å². The largest absolute Gasteiger partial charge is 0.507 e. The Morgan fingerprint density at radius 1 is 1.46 bits per heavy atom. The van der Waals surface area contributed by atoms with Crippen LogP contribution in [0.2, 0.25) is 0 Å². The first-order valence-electron chi connectivity index (χ1n) is 3.74. The van der Waals surface area contributed by atoms with E-state index in [0.717, 1.165) is 5.56 Å². The molecule has 0 atom stereocenters. The molecule has 0 aromatic heterocycles. The van der Waals surface area contributed by atoms with E-state index in [1.165, 1.54) is 6.07 Å². The van der Waals surface area contributed by atoms with Gasteiger partial charge in [-0.1, -0.05) is 18.7 Å². The van der Waals surface area contributed by atoms with E-state index >= 15 is 0 Å². The zero-order valence-corrected chi connectivity index (χ0v) is 7.24. The predicted molar refractivity (Wildman–Crippen MR) is 49.5 cm³/mol. The Balaban J connectivity index is 3.16. The summed E-state index contributed by atoms with van der Waals surface area (Å²) in [6.45, 7) is 5.17. The van der Waals surface area contributed by atoms with Gasteiger partial charge in [-0.2, -0.15) is 0 Å². The van der Waals surface area contributed by atoms with E-state index in [1.807, 2.05) is 6.92 Å². The van der Waals surface area contributed by atoms with Crippen LogP contribution < -0.4 is 0 Å². The molecule has 2 N–H and O–H groups in total. The number of carbonyl (C=O) groups is 1. The minimum Gasteiger partial charge on any atom is -0.507 e. The lowest BCUT2D eigenvalue weighted by Crippen LogP contribution is -1.98. The molecule has 0 aliphatic rings. The Bertz CT molecular complexity index is 366. The van der Waals surface area contributed by atoms with Gasteiger partial charge >= 0.3 is 5.97 Å². The quantitative estimate of drug-likeness (QED) is 0.679. The number of carboxylic acids is 1. The molecule has 3 nitrogen and oxygen atoms in total.